The molecule has 1 unspecified atom stereocenters. The summed E-state index contributed by atoms with van der Waals surface area (Å²) < 4.78 is 16.0. The van der Waals surface area contributed by atoms with Crippen LogP contribution in [0.15, 0.2) is 42.5 Å². The van der Waals surface area contributed by atoms with Crippen LogP contribution in [0, 0.1) is 0 Å². The fraction of sp³-hybridized carbons (Fsp3) is 0.294. The highest BCUT2D eigenvalue weighted by atomic mass is 31.1. The van der Waals surface area contributed by atoms with Crippen LogP contribution in [-0.2, 0) is 4.74 Å². The van der Waals surface area contributed by atoms with Crippen LogP contribution in [0.25, 0.3) is 0 Å². The van der Waals surface area contributed by atoms with Gasteiger partial charge in [-0.15, -0.1) is 0 Å². The number of hydrogen-bond donors (Lipinski definition) is 0. The molecule has 0 aliphatic rings. The van der Waals surface area contributed by atoms with Crippen molar-refractivity contribution in [2.45, 2.75) is 0 Å². The fourth-order valence-corrected chi connectivity index (χ4v) is 3.49. The summed E-state index contributed by atoms with van der Waals surface area (Å²) in [4.78, 5) is 2.12. The third kappa shape index (κ3) is 4.12. The molecule has 0 saturated heterocycles. The summed E-state index contributed by atoms with van der Waals surface area (Å²) in [6, 6.07) is 14.2. The molecule has 0 aliphatic carbocycles. The van der Waals surface area contributed by atoms with Crippen molar-refractivity contribution in [3.05, 3.63) is 42.5 Å². The van der Waals surface area contributed by atoms with Gasteiger partial charge in [0.1, 0.15) is 11.5 Å². The third-order valence-electron chi connectivity index (χ3n) is 3.17. The largest absolute Gasteiger partial charge is 0.497 e. The molecule has 0 heterocycles. The molecule has 0 N–H and O–H groups in total. The van der Waals surface area contributed by atoms with Gasteiger partial charge < -0.3 is 19.1 Å². The molecule has 0 fully saturated rings. The molecular weight excluding hydrogens is 297 g/mol. The lowest BCUT2D eigenvalue weighted by atomic mass is 10.3. The number of methoxy groups -OCH3 is 2. The van der Waals surface area contributed by atoms with E-state index in [4.69, 9.17) is 14.2 Å². The van der Waals surface area contributed by atoms with Gasteiger partial charge in [0.2, 0.25) is 0 Å². The Balaban J connectivity index is 2.34. The lowest BCUT2D eigenvalue weighted by molar-refractivity contribution is 0.0519. The van der Waals surface area contributed by atoms with Gasteiger partial charge in [-0.1, -0.05) is 26.8 Å². The Morgan fingerprint density at radius 3 is 2.45 bits per heavy atom. The molecule has 0 amide bonds. The summed E-state index contributed by atoms with van der Waals surface area (Å²) in [5.41, 5.74) is 1.21. The smallest absolute Gasteiger partial charge is 0.188 e. The highest BCUT2D eigenvalue weighted by molar-refractivity contribution is 7.56. The van der Waals surface area contributed by atoms with Gasteiger partial charge in [-0.25, -0.2) is 0 Å². The van der Waals surface area contributed by atoms with Crippen molar-refractivity contribution in [2.75, 3.05) is 40.0 Å². The maximum Gasteiger partial charge on any atom is 0.188 e. The quantitative estimate of drug-likeness (QED) is 0.579. The third-order valence-corrected chi connectivity index (χ3v) is 4.53. The summed E-state index contributed by atoms with van der Waals surface area (Å²) in [5, 5.41) is 2.37. The summed E-state index contributed by atoms with van der Waals surface area (Å²) in [7, 11) is 7.87. The van der Waals surface area contributed by atoms with Crippen molar-refractivity contribution in [3.63, 3.8) is 0 Å². The molecule has 22 heavy (non-hydrogen) atoms. The Morgan fingerprint density at radius 2 is 1.77 bits per heavy atom. The average molecular weight is 319 g/mol. The van der Waals surface area contributed by atoms with Crippen LogP contribution in [0.5, 0.6) is 11.5 Å². The van der Waals surface area contributed by atoms with Crippen molar-refractivity contribution >= 4 is 24.9 Å². The number of benzene rings is 2. The second kappa shape index (κ2) is 8.02. The summed E-state index contributed by atoms with van der Waals surface area (Å²) in [6.45, 7) is 0.235. The molecule has 2 rings (SSSR count). The SMILES string of the molecule is COCOc1ccc(OC)cc1Pc1ccccc1N(C)C. The van der Waals surface area contributed by atoms with Crippen LogP contribution < -0.4 is 25.0 Å². The van der Waals surface area contributed by atoms with Crippen molar-refractivity contribution in [3.8, 4) is 11.5 Å². The molecule has 0 radical (unpaired) electrons. The molecular formula is C17H22NO3P. The first-order chi connectivity index (χ1) is 10.7. The van der Waals surface area contributed by atoms with E-state index in [1.165, 1.54) is 11.0 Å². The van der Waals surface area contributed by atoms with Gasteiger partial charge in [0.25, 0.3) is 0 Å². The zero-order valence-corrected chi connectivity index (χ0v) is 14.4. The summed E-state index contributed by atoms with van der Waals surface area (Å²) >= 11 is 0. The van der Waals surface area contributed by atoms with E-state index >= 15 is 0 Å². The van der Waals surface area contributed by atoms with Gasteiger partial charge in [0.15, 0.2) is 6.79 Å². The lowest BCUT2D eigenvalue weighted by Gasteiger charge is -2.18. The predicted molar refractivity (Wildman–Crippen MR) is 93.9 cm³/mol. The van der Waals surface area contributed by atoms with Crippen LogP contribution in [0.1, 0.15) is 0 Å². The van der Waals surface area contributed by atoms with Crippen molar-refractivity contribution < 1.29 is 14.2 Å². The minimum absolute atomic E-state index is 0.235. The number of rotatable bonds is 7. The van der Waals surface area contributed by atoms with Crippen LogP contribution in [-0.4, -0.2) is 35.1 Å². The maximum absolute atomic E-state index is 5.67. The summed E-state index contributed by atoms with van der Waals surface area (Å²) in [6.07, 6.45) is 0. The average Bonchev–Trinajstić information content (AvgIpc) is 2.54. The van der Waals surface area contributed by atoms with Crippen LogP contribution >= 0.6 is 8.58 Å². The standard InChI is InChI=1S/C17H22NO3P/c1-18(2)14-7-5-6-8-16(14)22-17-11-13(20-4)9-10-15(17)21-12-19-3/h5-11,22H,12H2,1-4H3. The van der Waals surface area contributed by atoms with E-state index in [-0.39, 0.29) is 6.79 Å². The predicted octanol–water partition coefficient (Wildman–Crippen LogP) is 2.37. The lowest BCUT2D eigenvalue weighted by Crippen LogP contribution is -2.18. The zero-order chi connectivity index (χ0) is 15.9. The molecule has 1 atom stereocenters. The Labute approximate surface area is 133 Å². The molecule has 118 valence electrons. The van der Waals surface area contributed by atoms with Crippen LogP contribution in [0.4, 0.5) is 5.69 Å². The topological polar surface area (TPSA) is 30.9 Å². The fourth-order valence-electron chi connectivity index (χ4n) is 2.10. The molecule has 2 aromatic rings. The minimum atomic E-state index is 0.235. The molecule has 0 saturated carbocycles. The molecule has 0 aliphatic heterocycles. The highest BCUT2D eigenvalue weighted by Crippen LogP contribution is 2.26. The number of nitrogens with zero attached hydrogens (tertiary/aromatic N) is 1. The van der Waals surface area contributed by atoms with E-state index in [0.717, 1.165) is 16.8 Å². The van der Waals surface area contributed by atoms with E-state index in [9.17, 15) is 0 Å². The first kappa shape index (κ1) is 16.6. The molecule has 0 spiro atoms. The van der Waals surface area contributed by atoms with Crippen LogP contribution in [0.3, 0.4) is 0 Å². The van der Waals surface area contributed by atoms with Crippen molar-refractivity contribution in [1.29, 1.82) is 0 Å². The van der Waals surface area contributed by atoms with E-state index in [0.29, 0.717) is 8.58 Å². The molecule has 0 aromatic heterocycles. The number of para-hydroxylation sites is 1. The van der Waals surface area contributed by atoms with Crippen molar-refractivity contribution in [1.82, 2.24) is 0 Å². The van der Waals surface area contributed by atoms with E-state index in [1.54, 1.807) is 14.2 Å². The Bertz CT molecular complexity index is 617. The molecule has 4 nitrogen and oxygen atoms in total. The molecule has 5 heteroatoms. The minimum Gasteiger partial charge on any atom is -0.497 e. The van der Waals surface area contributed by atoms with Gasteiger partial charge in [0.05, 0.1) is 7.11 Å². The number of ether oxygens (including phenoxy) is 3. The van der Waals surface area contributed by atoms with E-state index < -0.39 is 0 Å². The zero-order valence-electron chi connectivity index (χ0n) is 13.4. The van der Waals surface area contributed by atoms with Gasteiger partial charge in [-0.2, -0.15) is 0 Å². The van der Waals surface area contributed by atoms with Gasteiger partial charge in [-0.05, 0) is 24.3 Å². The second-order valence-electron chi connectivity index (χ2n) is 4.95. The normalized spacial score (nSPS) is 10.9. The monoisotopic (exact) mass is 319 g/mol. The number of anilines is 1. The molecule has 0 bridgehead atoms. The van der Waals surface area contributed by atoms with Crippen LogP contribution in [0.2, 0.25) is 0 Å². The molecule has 2 aromatic carbocycles. The Kier molecular flexibility index (Phi) is 6.05. The van der Waals surface area contributed by atoms with Gasteiger partial charge in [-0.3, -0.25) is 0 Å². The highest BCUT2D eigenvalue weighted by Gasteiger charge is 2.10. The van der Waals surface area contributed by atoms with Gasteiger partial charge in [0, 0.05) is 37.5 Å². The maximum atomic E-state index is 5.67. The van der Waals surface area contributed by atoms with E-state index in [1.807, 2.05) is 18.2 Å². The number of hydrogen-bond acceptors (Lipinski definition) is 4. The Morgan fingerprint density at radius 1 is 1.00 bits per heavy atom. The van der Waals surface area contributed by atoms with Crippen molar-refractivity contribution in [2.24, 2.45) is 0 Å². The summed E-state index contributed by atoms with van der Waals surface area (Å²) in [5.74, 6) is 1.66. The first-order valence-corrected chi connectivity index (χ1v) is 7.99. The first-order valence-electron chi connectivity index (χ1n) is 6.99. The van der Waals surface area contributed by atoms with E-state index in [2.05, 4.69) is 43.3 Å². The second-order valence-corrected chi connectivity index (χ2v) is 6.28. The Hall–Kier alpha value is -1.77. The van der Waals surface area contributed by atoms with Gasteiger partial charge >= 0.3 is 0 Å².